The molecule has 7 nitrogen and oxygen atoms in total. The van der Waals surface area contributed by atoms with Crippen LogP contribution in [0.3, 0.4) is 0 Å². The number of aryl methyl sites for hydroxylation is 1. The van der Waals surface area contributed by atoms with Gasteiger partial charge in [0.05, 0.1) is 12.8 Å². The largest absolute Gasteiger partial charge is 0.497 e. The Bertz CT molecular complexity index is 1430. The Balaban J connectivity index is 1.54. The third kappa shape index (κ3) is 4.08. The van der Waals surface area contributed by atoms with Crippen molar-refractivity contribution in [1.82, 2.24) is 25.2 Å². The first-order valence-corrected chi connectivity index (χ1v) is 11.8. The molecule has 0 radical (unpaired) electrons. The monoisotopic (exact) mass is 469 g/mol. The number of ketones is 1. The molecule has 0 saturated heterocycles. The fraction of sp³-hybridized carbons (Fsp3) is 0.154. The van der Waals surface area contributed by atoms with Crippen LogP contribution in [-0.4, -0.2) is 38.1 Å². The molecule has 1 atom stereocenters. The second-order valence-corrected chi connectivity index (χ2v) is 8.81. The number of benzene rings is 3. The second-order valence-electron chi connectivity index (χ2n) is 7.74. The maximum Gasteiger partial charge on any atom is 0.215 e. The molecule has 170 valence electrons. The van der Waals surface area contributed by atoms with E-state index in [2.05, 4.69) is 33.5 Å². The van der Waals surface area contributed by atoms with Crippen LogP contribution in [0.4, 0.5) is 0 Å². The average Bonchev–Trinajstić information content (AvgIpc) is 3.54. The Kier molecular flexibility index (Phi) is 6.14. The molecular weight excluding hydrogens is 446 g/mol. The number of nitrogens with zero attached hydrogens (tertiary/aromatic N) is 4. The van der Waals surface area contributed by atoms with Gasteiger partial charge in [-0.2, -0.15) is 4.68 Å². The number of fused-ring (bicyclic) bond motifs is 1. The van der Waals surface area contributed by atoms with Gasteiger partial charge in [0.1, 0.15) is 11.0 Å². The number of aromatic nitrogens is 5. The first kappa shape index (κ1) is 21.9. The highest BCUT2D eigenvalue weighted by atomic mass is 32.2. The van der Waals surface area contributed by atoms with Gasteiger partial charge in [0.2, 0.25) is 5.16 Å². The maximum absolute atomic E-state index is 13.9. The van der Waals surface area contributed by atoms with Gasteiger partial charge >= 0.3 is 0 Å². The van der Waals surface area contributed by atoms with Crippen LogP contribution in [0.15, 0.2) is 84.1 Å². The molecule has 0 aliphatic heterocycles. The van der Waals surface area contributed by atoms with E-state index in [0.29, 0.717) is 10.7 Å². The normalized spacial score (nSPS) is 12.1. The van der Waals surface area contributed by atoms with Gasteiger partial charge in [-0.25, -0.2) is 0 Å². The molecule has 2 heterocycles. The molecule has 1 unspecified atom stereocenters. The van der Waals surface area contributed by atoms with Crippen LogP contribution in [0.25, 0.3) is 16.6 Å². The molecular formula is C26H23N5O2S. The van der Waals surface area contributed by atoms with Gasteiger partial charge in [-0.05, 0) is 52.2 Å². The SMILES string of the molecule is CCc1cccc2c(C(=O)C(Sc3nnnn3-c3ccc(OC)cc3)c3ccccc3)c[nH]c12. The highest BCUT2D eigenvalue weighted by Crippen LogP contribution is 2.39. The fourth-order valence-electron chi connectivity index (χ4n) is 4.00. The molecule has 0 spiro atoms. The summed E-state index contributed by atoms with van der Waals surface area (Å²) in [5, 5.41) is 13.2. The molecule has 3 aromatic carbocycles. The number of hydrogen-bond donors (Lipinski definition) is 1. The third-order valence-electron chi connectivity index (χ3n) is 5.77. The minimum absolute atomic E-state index is 0.0000148. The van der Waals surface area contributed by atoms with Crippen LogP contribution < -0.4 is 4.74 Å². The molecule has 0 saturated carbocycles. The van der Waals surface area contributed by atoms with Crippen molar-refractivity contribution in [3.8, 4) is 11.4 Å². The van der Waals surface area contributed by atoms with E-state index < -0.39 is 5.25 Å². The number of carbonyl (C=O) groups is 1. The van der Waals surface area contributed by atoms with E-state index in [1.165, 1.54) is 17.3 Å². The molecule has 5 rings (SSSR count). The van der Waals surface area contributed by atoms with Gasteiger partial charge in [0.15, 0.2) is 5.78 Å². The quantitative estimate of drug-likeness (QED) is 0.241. The Morgan fingerprint density at radius 3 is 2.59 bits per heavy atom. The number of tetrazole rings is 1. The van der Waals surface area contributed by atoms with E-state index in [1.807, 2.05) is 72.9 Å². The van der Waals surface area contributed by atoms with E-state index in [4.69, 9.17) is 4.74 Å². The number of carbonyl (C=O) groups excluding carboxylic acids is 1. The van der Waals surface area contributed by atoms with Crippen LogP contribution in [0.1, 0.15) is 33.7 Å². The zero-order valence-electron chi connectivity index (χ0n) is 18.8. The number of hydrogen-bond acceptors (Lipinski definition) is 6. The van der Waals surface area contributed by atoms with Crippen molar-refractivity contribution in [2.24, 2.45) is 0 Å². The number of aromatic amines is 1. The first-order chi connectivity index (χ1) is 16.7. The van der Waals surface area contributed by atoms with Gasteiger partial charge in [-0.3, -0.25) is 4.79 Å². The minimum atomic E-state index is -0.520. The number of ether oxygens (including phenoxy) is 1. The minimum Gasteiger partial charge on any atom is -0.497 e. The average molecular weight is 470 g/mol. The number of thioether (sulfide) groups is 1. The Hall–Kier alpha value is -3.91. The standard InChI is InChI=1S/C26H23N5O2S/c1-3-17-10-7-11-21-22(16-27-23(17)21)24(32)25(18-8-5-4-6-9-18)34-26-28-29-30-31(26)19-12-14-20(33-2)15-13-19/h4-16,25,27H,3H2,1-2H3. The van der Waals surface area contributed by atoms with E-state index in [-0.39, 0.29) is 5.78 Å². The van der Waals surface area contributed by atoms with Crippen molar-refractivity contribution in [2.45, 2.75) is 23.8 Å². The summed E-state index contributed by atoms with van der Waals surface area (Å²) in [5.74, 6) is 0.745. The van der Waals surface area contributed by atoms with Crippen molar-refractivity contribution in [3.63, 3.8) is 0 Å². The Morgan fingerprint density at radius 2 is 1.85 bits per heavy atom. The lowest BCUT2D eigenvalue weighted by atomic mass is 10.0. The molecule has 0 amide bonds. The molecule has 34 heavy (non-hydrogen) atoms. The third-order valence-corrected chi connectivity index (χ3v) is 6.96. The van der Waals surface area contributed by atoms with Gasteiger partial charge < -0.3 is 9.72 Å². The summed E-state index contributed by atoms with van der Waals surface area (Å²) in [4.78, 5) is 17.3. The topological polar surface area (TPSA) is 85.7 Å². The van der Waals surface area contributed by atoms with E-state index in [0.717, 1.165) is 34.3 Å². The van der Waals surface area contributed by atoms with Crippen LogP contribution in [0.2, 0.25) is 0 Å². The van der Waals surface area contributed by atoms with Crippen LogP contribution in [0, 0.1) is 0 Å². The lowest BCUT2D eigenvalue weighted by Gasteiger charge is -2.15. The van der Waals surface area contributed by atoms with Gasteiger partial charge in [-0.15, -0.1) is 5.10 Å². The summed E-state index contributed by atoms with van der Waals surface area (Å²) in [5.41, 5.74) is 4.53. The predicted octanol–water partition coefficient (Wildman–Crippen LogP) is 5.43. The molecule has 0 fully saturated rings. The molecule has 5 aromatic rings. The van der Waals surface area contributed by atoms with Crippen molar-refractivity contribution < 1.29 is 9.53 Å². The summed E-state index contributed by atoms with van der Waals surface area (Å²) < 4.78 is 6.89. The smallest absolute Gasteiger partial charge is 0.215 e. The molecule has 0 aliphatic rings. The van der Waals surface area contributed by atoms with Crippen molar-refractivity contribution in [1.29, 1.82) is 0 Å². The summed E-state index contributed by atoms with van der Waals surface area (Å²) in [6.45, 7) is 2.11. The Morgan fingerprint density at radius 1 is 1.06 bits per heavy atom. The molecule has 0 aliphatic carbocycles. The number of para-hydroxylation sites is 1. The van der Waals surface area contributed by atoms with Crippen molar-refractivity contribution >= 4 is 28.4 Å². The summed E-state index contributed by atoms with van der Waals surface area (Å²) in [6.07, 6.45) is 2.70. The first-order valence-electron chi connectivity index (χ1n) is 11.0. The zero-order chi connectivity index (χ0) is 23.5. The highest BCUT2D eigenvalue weighted by molar-refractivity contribution is 8.00. The summed E-state index contributed by atoms with van der Waals surface area (Å²) in [6, 6.07) is 23.3. The molecule has 8 heteroatoms. The van der Waals surface area contributed by atoms with Crippen molar-refractivity contribution in [2.75, 3.05) is 7.11 Å². The lowest BCUT2D eigenvalue weighted by Crippen LogP contribution is -2.11. The molecule has 2 aromatic heterocycles. The van der Waals surface area contributed by atoms with Crippen LogP contribution in [0.5, 0.6) is 5.75 Å². The Labute approximate surface area is 201 Å². The number of H-pyrrole nitrogens is 1. The number of methoxy groups -OCH3 is 1. The van der Waals surface area contributed by atoms with E-state index in [1.54, 1.807) is 11.8 Å². The van der Waals surface area contributed by atoms with E-state index in [9.17, 15) is 4.79 Å². The number of rotatable bonds is 8. The highest BCUT2D eigenvalue weighted by Gasteiger charge is 2.28. The summed E-state index contributed by atoms with van der Waals surface area (Å²) >= 11 is 1.34. The van der Waals surface area contributed by atoms with Crippen LogP contribution in [-0.2, 0) is 6.42 Å². The number of Topliss-reactive ketones (excluding diaryl/α,β-unsaturated/α-hetero) is 1. The van der Waals surface area contributed by atoms with Crippen molar-refractivity contribution in [3.05, 3.63) is 95.7 Å². The second kappa shape index (κ2) is 9.52. The van der Waals surface area contributed by atoms with E-state index >= 15 is 0 Å². The zero-order valence-corrected chi connectivity index (χ0v) is 19.6. The fourth-order valence-corrected chi connectivity index (χ4v) is 5.06. The predicted molar refractivity (Wildman–Crippen MR) is 133 cm³/mol. The maximum atomic E-state index is 13.9. The molecule has 0 bridgehead atoms. The lowest BCUT2D eigenvalue weighted by molar-refractivity contribution is 0.0991. The number of nitrogens with one attached hydrogen (secondary N) is 1. The molecule has 1 N–H and O–H groups in total. The van der Waals surface area contributed by atoms with Gasteiger partial charge in [0.25, 0.3) is 0 Å². The van der Waals surface area contributed by atoms with Gasteiger partial charge in [-0.1, -0.05) is 67.2 Å². The van der Waals surface area contributed by atoms with Crippen LogP contribution >= 0.6 is 11.8 Å². The summed E-state index contributed by atoms with van der Waals surface area (Å²) in [7, 11) is 1.62. The van der Waals surface area contributed by atoms with Gasteiger partial charge in [0, 0.05) is 22.7 Å².